The quantitative estimate of drug-likeness (QED) is 0.618. The molecule has 1 aliphatic rings. The fraction of sp³-hybridized carbons (Fsp3) is 0.150. The molecule has 5 nitrogen and oxygen atoms in total. The van der Waals surface area contributed by atoms with Crippen molar-refractivity contribution in [2.75, 3.05) is 10.6 Å². The van der Waals surface area contributed by atoms with E-state index in [4.69, 9.17) is 10.2 Å². The van der Waals surface area contributed by atoms with Crippen molar-refractivity contribution >= 4 is 17.3 Å². The summed E-state index contributed by atoms with van der Waals surface area (Å²) in [5.41, 5.74) is 6.45. The molecular weight excluding hydrogens is 369 g/mol. The number of nitrogens with zero attached hydrogens (tertiary/aromatic N) is 1. The van der Waals surface area contributed by atoms with Crippen molar-refractivity contribution < 1.29 is 17.6 Å². The highest BCUT2D eigenvalue weighted by molar-refractivity contribution is 6.05. The lowest BCUT2D eigenvalue weighted by Crippen LogP contribution is -2.44. The molecule has 0 saturated carbocycles. The van der Waals surface area contributed by atoms with Crippen molar-refractivity contribution in [1.82, 2.24) is 0 Å². The van der Waals surface area contributed by atoms with Crippen LogP contribution >= 0.6 is 0 Å². The van der Waals surface area contributed by atoms with Gasteiger partial charge in [-0.3, -0.25) is 0 Å². The monoisotopic (exact) mass is 386 g/mol. The van der Waals surface area contributed by atoms with Crippen LogP contribution in [0.25, 0.3) is 0 Å². The van der Waals surface area contributed by atoms with Gasteiger partial charge in [-0.1, -0.05) is 24.3 Å². The molecule has 1 unspecified atom stereocenters. The highest BCUT2D eigenvalue weighted by Gasteiger charge is 2.35. The van der Waals surface area contributed by atoms with E-state index in [1.54, 1.807) is 18.4 Å². The van der Waals surface area contributed by atoms with Crippen LogP contribution in [0.4, 0.5) is 24.5 Å². The molecule has 4 N–H and O–H groups in total. The van der Waals surface area contributed by atoms with Gasteiger partial charge >= 0.3 is 6.18 Å². The van der Waals surface area contributed by atoms with Crippen molar-refractivity contribution in [3.8, 4) is 0 Å². The molecule has 8 heteroatoms. The van der Waals surface area contributed by atoms with Gasteiger partial charge in [0.2, 0.25) is 5.96 Å². The summed E-state index contributed by atoms with van der Waals surface area (Å²) in [5, 5.41) is 5.98. The van der Waals surface area contributed by atoms with E-state index in [2.05, 4.69) is 15.6 Å². The normalized spacial score (nSPS) is 18.8. The molecule has 0 bridgehead atoms. The first kappa shape index (κ1) is 18.1. The molecule has 28 heavy (non-hydrogen) atoms. The van der Waals surface area contributed by atoms with Crippen molar-refractivity contribution in [2.45, 2.75) is 18.3 Å². The standard InChI is InChI=1S/C20H17F3N4O/c21-20(22,23)13-5-3-6-14(11-13)25-18-26-17-9-2-1-8-16(17)19(24,27-18)12-15-7-4-10-28-15/h1-11H,12,24H2,(H2,25,26,27). The van der Waals surface area contributed by atoms with Crippen LogP contribution in [0.15, 0.2) is 76.3 Å². The third-order valence-electron chi connectivity index (χ3n) is 4.43. The number of alkyl halides is 3. The van der Waals surface area contributed by atoms with Gasteiger partial charge in [0, 0.05) is 23.4 Å². The molecule has 144 valence electrons. The molecule has 1 atom stereocenters. The van der Waals surface area contributed by atoms with E-state index >= 15 is 0 Å². The van der Waals surface area contributed by atoms with E-state index < -0.39 is 17.4 Å². The largest absolute Gasteiger partial charge is 0.469 e. The SMILES string of the molecule is NC1(Cc2ccco2)N=C(Nc2cccc(C(F)(F)F)c2)Nc2ccccc21. The minimum atomic E-state index is -4.43. The molecule has 0 amide bonds. The van der Waals surface area contributed by atoms with Crippen LogP contribution in [-0.4, -0.2) is 5.96 Å². The number of hydrogen-bond acceptors (Lipinski definition) is 5. The molecule has 1 aromatic heterocycles. The van der Waals surface area contributed by atoms with Gasteiger partial charge in [-0.25, -0.2) is 4.99 Å². The van der Waals surface area contributed by atoms with Gasteiger partial charge < -0.3 is 20.8 Å². The molecule has 2 aromatic carbocycles. The summed E-state index contributed by atoms with van der Waals surface area (Å²) in [6.45, 7) is 0. The Morgan fingerprint density at radius 2 is 1.89 bits per heavy atom. The first-order chi connectivity index (χ1) is 13.3. The number of guanidine groups is 1. The summed E-state index contributed by atoms with van der Waals surface area (Å²) in [6, 6.07) is 15.8. The second-order valence-corrected chi connectivity index (χ2v) is 6.51. The topological polar surface area (TPSA) is 75.6 Å². The number of fused-ring (bicyclic) bond motifs is 1. The molecular formula is C20H17F3N4O. The number of nitrogens with one attached hydrogen (secondary N) is 2. The number of furan rings is 1. The Kier molecular flexibility index (Phi) is 4.35. The minimum absolute atomic E-state index is 0.251. The zero-order valence-electron chi connectivity index (χ0n) is 14.6. The zero-order valence-corrected chi connectivity index (χ0v) is 14.6. The van der Waals surface area contributed by atoms with Gasteiger partial charge in [-0.2, -0.15) is 13.2 Å². The van der Waals surface area contributed by atoms with Gasteiger partial charge in [0.25, 0.3) is 0 Å². The highest BCUT2D eigenvalue weighted by atomic mass is 19.4. The predicted molar refractivity (Wildman–Crippen MR) is 101 cm³/mol. The number of aliphatic imine (C=N–C) groups is 1. The maximum atomic E-state index is 13.0. The summed E-state index contributed by atoms with van der Waals surface area (Å²) < 4.78 is 44.3. The lowest BCUT2D eigenvalue weighted by Gasteiger charge is -2.33. The Bertz CT molecular complexity index is 1010. The third-order valence-corrected chi connectivity index (χ3v) is 4.43. The molecule has 0 fully saturated rings. The summed E-state index contributed by atoms with van der Waals surface area (Å²) in [6.07, 6.45) is -2.58. The first-order valence-electron chi connectivity index (χ1n) is 8.55. The Morgan fingerprint density at radius 3 is 2.64 bits per heavy atom. The smallest absolute Gasteiger partial charge is 0.416 e. The number of hydrogen-bond donors (Lipinski definition) is 3. The highest BCUT2D eigenvalue weighted by Crippen LogP contribution is 2.35. The van der Waals surface area contributed by atoms with Crippen LogP contribution in [0, 0.1) is 0 Å². The van der Waals surface area contributed by atoms with Crippen LogP contribution in [0.1, 0.15) is 16.9 Å². The number of rotatable bonds is 3. The lowest BCUT2D eigenvalue weighted by molar-refractivity contribution is -0.137. The number of para-hydroxylation sites is 1. The number of nitrogens with two attached hydrogens (primary N) is 1. The Balaban J connectivity index is 1.68. The van der Waals surface area contributed by atoms with Crippen LogP contribution in [-0.2, 0) is 18.3 Å². The second kappa shape index (κ2) is 6.72. The molecule has 0 saturated heterocycles. The van der Waals surface area contributed by atoms with Crippen LogP contribution in [0.5, 0.6) is 0 Å². The van der Waals surface area contributed by atoms with E-state index in [0.717, 1.165) is 23.4 Å². The third kappa shape index (κ3) is 3.59. The van der Waals surface area contributed by atoms with Gasteiger partial charge in [-0.15, -0.1) is 0 Å². The number of anilines is 2. The molecule has 3 aromatic rings. The summed E-state index contributed by atoms with van der Waals surface area (Å²) in [5.74, 6) is 0.911. The van der Waals surface area contributed by atoms with Crippen LogP contribution in [0.2, 0.25) is 0 Å². The number of benzene rings is 2. The Labute approximate surface area is 159 Å². The summed E-state index contributed by atoms with van der Waals surface area (Å²) >= 11 is 0. The molecule has 4 rings (SSSR count). The van der Waals surface area contributed by atoms with Gasteiger partial charge in [-0.05, 0) is 36.4 Å². The minimum Gasteiger partial charge on any atom is -0.469 e. The summed E-state index contributed by atoms with van der Waals surface area (Å²) in [7, 11) is 0. The van der Waals surface area contributed by atoms with E-state index in [1.165, 1.54) is 12.1 Å². The van der Waals surface area contributed by atoms with Gasteiger partial charge in [0.15, 0.2) is 0 Å². The van der Waals surface area contributed by atoms with Crippen molar-refractivity contribution in [3.63, 3.8) is 0 Å². The van der Waals surface area contributed by atoms with Crippen molar-refractivity contribution in [2.24, 2.45) is 10.7 Å². The summed E-state index contributed by atoms with van der Waals surface area (Å²) in [4.78, 5) is 4.55. The van der Waals surface area contributed by atoms with E-state index in [-0.39, 0.29) is 11.6 Å². The zero-order chi connectivity index (χ0) is 19.8. The fourth-order valence-corrected chi connectivity index (χ4v) is 3.17. The Hall–Kier alpha value is -3.26. The van der Waals surface area contributed by atoms with Gasteiger partial charge in [0.05, 0.1) is 11.8 Å². The van der Waals surface area contributed by atoms with E-state index in [9.17, 15) is 13.2 Å². The molecule has 1 aliphatic heterocycles. The predicted octanol–water partition coefficient (Wildman–Crippen LogP) is 4.55. The van der Waals surface area contributed by atoms with Crippen molar-refractivity contribution in [3.05, 3.63) is 83.8 Å². The second-order valence-electron chi connectivity index (χ2n) is 6.51. The first-order valence-corrected chi connectivity index (χ1v) is 8.55. The molecule has 0 spiro atoms. The maximum Gasteiger partial charge on any atom is 0.416 e. The van der Waals surface area contributed by atoms with Crippen LogP contribution in [0.3, 0.4) is 0 Å². The van der Waals surface area contributed by atoms with E-state index in [0.29, 0.717) is 12.2 Å². The van der Waals surface area contributed by atoms with Crippen molar-refractivity contribution in [1.29, 1.82) is 0 Å². The van der Waals surface area contributed by atoms with Gasteiger partial charge in [0.1, 0.15) is 11.4 Å². The average Bonchev–Trinajstić information content (AvgIpc) is 3.14. The average molecular weight is 386 g/mol. The molecule has 0 radical (unpaired) electrons. The molecule has 0 aliphatic carbocycles. The Morgan fingerprint density at radius 1 is 1.07 bits per heavy atom. The van der Waals surface area contributed by atoms with E-state index in [1.807, 2.05) is 24.3 Å². The molecule has 2 heterocycles. The lowest BCUT2D eigenvalue weighted by atomic mass is 9.93. The van der Waals surface area contributed by atoms with Crippen LogP contribution < -0.4 is 16.4 Å². The maximum absolute atomic E-state index is 13.0. The fourth-order valence-electron chi connectivity index (χ4n) is 3.17. The number of halogens is 3.